The highest BCUT2D eigenvalue weighted by atomic mass is 32.2. The summed E-state index contributed by atoms with van der Waals surface area (Å²) in [6, 6.07) is -0.612. The van der Waals surface area contributed by atoms with E-state index in [9.17, 15) is 9.59 Å². The standard InChI is InChI=1S/C11H22N2O3S/c1-8(2)9(7-10(14)15)13-11(16)12-5-4-6-17-3/h8-9H,4-7H2,1-3H3,(H,14,15)(H2,12,13,16). The van der Waals surface area contributed by atoms with Crippen LogP contribution < -0.4 is 10.6 Å². The SMILES string of the molecule is CSCCCNC(=O)NC(CC(=O)O)C(C)C. The lowest BCUT2D eigenvalue weighted by atomic mass is 10.0. The second kappa shape index (κ2) is 9.15. The van der Waals surface area contributed by atoms with Gasteiger partial charge in [0.2, 0.25) is 0 Å². The van der Waals surface area contributed by atoms with Crippen LogP contribution in [-0.2, 0) is 4.79 Å². The molecule has 0 aliphatic carbocycles. The first-order chi connectivity index (χ1) is 7.97. The van der Waals surface area contributed by atoms with Gasteiger partial charge in [-0.15, -0.1) is 0 Å². The zero-order chi connectivity index (χ0) is 13.3. The van der Waals surface area contributed by atoms with Gasteiger partial charge in [0, 0.05) is 12.6 Å². The van der Waals surface area contributed by atoms with E-state index in [-0.39, 0.29) is 24.4 Å². The molecule has 6 heteroatoms. The van der Waals surface area contributed by atoms with E-state index in [4.69, 9.17) is 5.11 Å². The van der Waals surface area contributed by atoms with Gasteiger partial charge >= 0.3 is 12.0 Å². The van der Waals surface area contributed by atoms with E-state index in [2.05, 4.69) is 10.6 Å². The van der Waals surface area contributed by atoms with Crippen molar-refractivity contribution in [2.24, 2.45) is 5.92 Å². The predicted molar refractivity (Wildman–Crippen MR) is 70.4 cm³/mol. The van der Waals surface area contributed by atoms with Crippen molar-refractivity contribution in [3.63, 3.8) is 0 Å². The zero-order valence-corrected chi connectivity index (χ0v) is 11.5. The molecule has 0 heterocycles. The average Bonchev–Trinajstić information content (AvgIpc) is 2.22. The Hall–Kier alpha value is -0.910. The van der Waals surface area contributed by atoms with Gasteiger partial charge in [-0.25, -0.2) is 4.79 Å². The molecule has 0 bridgehead atoms. The number of amides is 2. The number of aliphatic carboxylic acids is 1. The Kier molecular flexibility index (Phi) is 8.66. The maximum Gasteiger partial charge on any atom is 0.315 e. The summed E-state index contributed by atoms with van der Waals surface area (Å²) in [4.78, 5) is 22.1. The number of nitrogens with one attached hydrogen (secondary N) is 2. The number of hydrogen-bond donors (Lipinski definition) is 3. The van der Waals surface area contributed by atoms with Crippen molar-refractivity contribution < 1.29 is 14.7 Å². The van der Waals surface area contributed by atoms with Crippen LogP contribution in [-0.4, -0.2) is 41.7 Å². The summed E-state index contributed by atoms with van der Waals surface area (Å²) in [6.45, 7) is 4.40. The van der Waals surface area contributed by atoms with E-state index in [0.29, 0.717) is 6.54 Å². The first-order valence-corrected chi connectivity index (χ1v) is 7.11. The van der Waals surface area contributed by atoms with Gasteiger partial charge in [-0.1, -0.05) is 13.8 Å². The Morgan fingerprint density at radius 1 is 1.35 bits per heavy atom. The number of carbonyl (C=O) groups is 2. The van der Waals surface area contributed by atoms with Crippen molar-refractivity contribution in [2.75, 3.05) is 18.6 Å². The lowest BCUT2D eigenvalue weighted by Crippen LogP contribution is -2.45. The highest BCUT2D eigenvalue weighted by Crippen LogP contribution is 2.05. The van der Waals surface area contributed by atoms with Gasteiger partial charge < -0.3 is 15.7 Å². The summed E-state index contributed by atoms with van der Waals surface area (Å²) in [5.74, 6) is 0.206. The molecule has 2 amide bonds. The van der Waals surface area contributed by atoms with Gasteiger partial charge in [0.05, 0.1) is 6.42 Å². The van der Waals surface area contributed by atoms with E-state index in [1.165, 1.54) is 0 Å². The lowest BCUT2D eigenvalue weighted by molar-refractivity contribution is -0.137. The first kappa shape index (κ1) is 16.1. The third-order valence-corrected chi connectivity index (χ3v) is 3.02. The predicted octanol–water partition coefficient (Wildman–Crippen LogP) is 1.54. The Bertz CT molecular complexity index is 247. The summed E-state index contributed by atoms with van der Waals surface area (Å²) in [5, 5.41) is 14.1. The molecule has 0 aromatic rings. The molecule has 0 aromatic carbocycles. The van der Waals surface area contributed by atoms with E-state index in [1.54, 1.807) is 11.8 Å². The van der Waals surface area contributed by atoms with Crippen LogP contribution in [0.15, 0.2) is 0 Å². The molecule has 5 nitrogen and oxygen atoms in total. The molecule has 0 saturated heterocycles. The topological polar surface area (TPSA) is 78.4 Å². The van der Waals surface area contributed by atoms with E-state index < -0.39 is 5.97 Å². The fourth-order valence-corrected chi connectivity index (χ4v) is 1.71. The second-order valence-electron chi connectivity index (χ2n) is 4.19. The van der Waals surface area contributed by atoms with Crippen molar-refractivity contribution in [3.8, 4) is 0 Å². The van der Waals surface area contributed by atoms with Crippen LogP contribution in [0.5, 0.6) is 0 Å². The van der Waals surface area contributed by atoms with Crippen molar-refractivity contribution in [2.45, 2.75) is 32.7 Å². The van der Waals surface area contributed by atoms with Crippen LogP contribution in [0, 0.1) is 5.92 Å². The molecular weight excluding hydrogens is 240 g/mol. The molecular formula is C11H22N2O3S. The summed E-state index contributed by atoms with van der Waals surface area (Å²) in [7, 11) is 0. The van der Waals surface area contributed by atoms with E-state index >= 15 is 0 Å². The smallest absolute Gasteiger partial charge is 0.315 e. The maximum atomic E-state index is 11.5. The number of carboxylic acid groups (broad SMARTS) is 1. The molecule has 100 valence electrons. The Labute approximate surface area is 107 Å². The highest BCUT2D eigenvalue weighted by Gasteiger charge is 2.18. The van der Waals surface area contributed by atoms with Crippen LogP contribution in [0.2, 0.25) is 0 Å². The molecule has 1 unspecified atom stereocenters. The number of urea groups is 1. The number of carboxylic acids is 1. The number of rotatable bonds is 8. The summed E-state index contributed by atoms with van der Waals surface area (Å²) >= 11 is 1.73. The highest BCUT2D eigenvalue weighted by molar-refractivity contribution is 7.98. The Morgan fingerprint density at radius 3 is 2.47 bits per heavy atom. The minimum atomic E-state index is -0.897. The third-order valence-electron chi connectivity index (χ3n) is 2.33. The monoisotopic (exact) mass is 262 g/mol. The van der Waals surface area contributed by atoms with Crippen LogP contribution in [0.4, 0.5) is 4.79 Å². The van der Waals surface area contributed by atoms with Gasteiger partial charge in [0.25, 0.3) is 0 Å². The van der Waals surface area contributed by atoms with Crippen molar-refractivity contribution >= 4 is 23.8 Å². The van der Waals surface area contributed by atoms with Gasteiger partial charge in [-0.3, -0.25) is 4.79 Å². The van der Waals surface area contributed by atoms with Gasteiger partial charge in [-0.05, 0) is 24.3 Å². The molecule has 17 heavy (non-hydrogen) atoms. The minimum Gasteiger partial charge on any atom is -0.481 e. The fraction of sp³-hybridized carbons (Fsp3) is 0.818. The molecule has 0 aromatic heterocycles. The first-order valence-electron chi connectivity index (χ1n) is 5.72. The molecule has 0 saturated carbocycles. The molecule has 0 rings (SSSR count). The van der Waals surface area contributed by atoms with Gasteiger partial charge in [0.1, 0.15) is 0 Å². The number of thioether (sulfide) groups is 1. The molecule has 1 atom stereocenters. The summed E-state index contributed by atoms with van der Waals surface area (Å²) < 4.78 is 0. The van der Waals surface area contributed by atoms with Crippen LogP contribution >= 0.6 is 11.8 Å². The molecule has 0 radical (unpaired) electrons. The quantitative estimate of drug-likeness (QED) is 0.580. The maximum absolute atomic E-state index is 11.5. The summed E-state index contributed by atoms with van der Waals surface area (Å²) in [6.07, 6.45) is 2.89. The number of carbonyl (C=O) groups excluding carboxylic acids is 1. The van der Waals surface area contributed by atoms with Crippen LogP contribution in [0.1, 0.15) is 26.7 Å². The van der Waals surface area contributed by atoms with E-state index in [1.807, 2.05) is 20.1 Å². The van der Waals surface area contributed by atoms with Gasteiger partial charge in [0.15, 0.2) is 0 Å². The van der Waals surface area contributed by atoms with Crippen LogP contribution in [0.3, 0.4) is 0 Å². The molecule has 0 aliphatic heterocycles. The third kappa shape index (κ3) is 8.85. The minimum absolute atomic E-state index is 0.0457. The molecule has 0 fully saturated rings. The van der Waals surface area contributed by atoms with Crippen molar-refractivity contribution in [1.82, 2.24) is 10.6 Å². The van der Waals surface area contributed by atoms with Gasteiger partial charge in [-0.2, -0.15) is 11.8 Å². The lowest BCUT2D eigenvalue weighted by Gasteiger charge is -2.20. The largest absolute Gasteiger partial charge is 0.481 e. The van der Waals surface area contributed by atoms with Crippen LogP contribution in [0.25, 0.3) is 0 Å². The normalized spacial score (nSPS) is 12.2. The Morgan fingerprint density at radius 2 is 2.00 bits per heavy atom. The molecule has 3 N–H and O–H groups in total. The zero-order valence-electron chi connectivity index (χ0n) is 10.7. The average molecular weight is 262 g/mol. The van der Waals surface area contributed by atoms with Crippen molar-refractivity contribution in [1.29, 1.82) is 0 Å². The van der Waals surface area contributed by atoms with Crippen molar-refractivity contribution in [3.05, 3.63) is 0 Å². The fourth-order valence-electron chi connectivity index (χ4n) is 1.28. The molecule has 0 aliphatic rings. The van der Waals surface area contributed by atoms with E-state index in [0.717, 1.165) is 12.2 Å². The Balaban J connectivity index is 3.91. The summed E-state index contributed by atoms with van der Waals surface area (Å²) in [5.41, 5.74) is 0. The number of hydrogen-bond acceptors (Lipinski definition) is 3. The molecule has 0 spiro atoms. The second-order valence-corrected chi connectivity index (χ2v) is 5.18.